The molecule has 1 saturated carbocycles. The van der Waals surface area contributed by atoms with Crippen LogP contribution in [0.2, 0.25) is 0 Å². The average Bonchev–Trinajstić information content (AvgIpc) is 3.34. The highest BCUT2D eigenvalue weighted by molar-refractivity contribution is 7.93. The SMILES string of the molecule is O=C(CS(=O)(=O)C1CC1)N1CCCN(c2ccccc2F)CC1. The lowest BCUT2D eigenvalue weighted by molar-refractivity contribution is -0.128. The van der Waals surface area contributed by atoms with Crippen molar-refractivity contribution in [2.45, 2.75) is 24.5 Å². The van der Waals surface area contributed by atoms with Gasteiger partial charge in [0.15, 0.2) is 9.84 Å². The predicted octanol–water partition coefficient (Wildman–Crippen LogP) is 1.44. The monoisotopic (exact) mass is 340 g/mol. The van der Waals surface area contributed by atoms with E-state index in [9.17, 15) is 17.6 Å². The molecule has 1 aromatic carbocycles. The first kappa shape index (κ1) is 16.2. The third-order valence-corrected chi connectivity index (χ3v) is 6.54. The van der Waals surface area contributed by atoms with E-state index in [4.69, 9.17) is 0 Å². The van der Waals surface area contributed by atoms with Gasteiger partial charge in [0.05, 0.1) is 10.9 Å². The molecule has 1 aliphatic carbocycles. The number of halogens is 1. The summed E-state index contributed by atoms with van der Waals surface area (Å²) in [5.41, 5.74) is 0.535. The standard InChI is InChI=1S/C16H21FN2O3S/c17-14-4-1-2-5-15(14)18-8-3-9-19(11-10-18)16(20)12-23(21,22)13-6-7-13/h1-2,4-5,13H,3,6-12H2. The van der Waals surface area contributed by atoms with E-state index in [2.05, 4.69) is 0 Å². The highest BCUT2D eigenvalue weighted by Crippen LogP contribution is 2.29. The number of nitrogens with zero attached hydrogens (tertiary/aromatic N) is 2. The Balaban J connectivity index is 1.62. The van der Waals surface area contributed by atoms with Crippen LogP contribution in [0.1, 0.15) is 19.3 Å². The van der Waals surface area contributed by atoms with Gasteiger partial charge in [-0.25, -0.2) is 12.8 Å². The summed E-state index contributed by atoms with van der Waals surface area (Å²) in [5, 5.41) is -0.312. The Morgan fingerprint density at radius 3 is 2.57 bits per heavy atom. The van der Waals surface area contributed by atoms with Crippen molar-refractivity contribution in [3.05, 3.63) is 30.1 Å². The second-order valence-corrected chi connectivity index (χ2v) is 8.46. The van der Waals surface area contributed by atoms with Gasteiger partial charge in [-0.3, -0.25) is 4.79 Å². The van der Waals surface area contributed by atoms with Crippen LogP contribution in [0.15, 0.2) is 24.3 Å². The molecule has 2 aliphatic rings. The highest BCUT2D eigenvalue weighted by atomic mass is 32.2. The Hall–Kier alpha value is -1.63. The van der Waals surface area contributed by atoms with Gasteiger partial charge >= 0.3 is 0 Å². The second kappa shape index (κ2) is 6.47. The number of benzene rings is 1. The zero-order chi connectivity index (χ0) is 16.4. The Labute approximate surface area is 136 Å². The molecule has 1 aromatic rings. The summed E-state index contributed by atoms with van der Waals surface area (Å²) < 4.78 is 37.8. The van der Waals surface area contributed by atoms with Crippen LogP contribution in [-0.2, 0) is 14.6 Å². The molecule has 3 rings (SSSR count). The number of anilines is 1. The minimum absolute atomic E-state index is 0.274. The van der Waals surface area contributed by atoms with Crippen molar-refractivity contribution in [3.63, 3.8) is 0 Å². The molecule has 7 heteroatoms. The molecule has 0 bridgehead atoms. The van der Waals surface area contributed by atoms with Gasteiger partial charge in [-0.15, -0.1) is 0 Å². The molecule has 2 fully saturated rings. The number of amides is 1. The summed E-state index contributed by atoms with van der Waals surface area (Å²) >= 11 is 0. The molecule has 0 unspecified atom stereocenters. The highest BCUT2D eigenvalue weighted by Gasteiger charge is 2.38. The molecule has 126 valence electrons. The van der Waals surface area contributed by atoms with Crippen LogP contribution in [0.4, 0.5) is 10.1 Å². The predicted molar refractivity (Wildman–Crippen MR) is 86.6 cm³/mol. The van der Waals surface area contributed by atoms with Crippen molar-refractivity contribution in [2.75, 3.05) is 36.8 Å². The molecule has 0 aromatic heterocycles. The second-order valence-electron chi connectivity index (χ2n) is 6.18. The maximum atomic E-state index is 13.9. The summed E-state index contributed by atoms with van der Waals surface area (Å²) in [7, 11) is -3.28. The molecule has 23 heavy (non-hydrogen) atoms. The fourth-order valence-electron chi connectivity index (χ4n) is 2.92. The van der Waals surface area contributed by atoms with Gasteiger partial charge in [0.1, 0.15) is 11.6 Å². The molecular formula is C16H21FN2O3S. The zero-order valence-corrected chi connectivity index (χ0v) is 13.8. The van der Waals surface area contributed by atoms with E-state index >= 15 is 0 Å². The first-order valence-electron chi connectivity index (χ1n) is 7.96. The Kier molecular flexibility index (Phi) is 4.57. The molecule has 1 saturated heterocycles. The van der Waals surface area contributed by atoms with Crippen LogP contribution in [0.25, 0.3) is 0 Å². The average molecular weight is 340 g/mol. The Morgan fingerprint density at radius 1 is 1.13 bits per heavy atom. The third kappa shape index (κ3) is 3.83. The van der Waals surface area contributed by atoms with Crippen LogP contribution in [0.3, 0.4) is 0 Å². The third-order valence-electron chi connectivity index (χ3n) is 4.40. The van der Waals surface area contributed by atoms with Crippen LogP contribution in [0.5, 0.6) is 0 Å². The molecule has 0 atom stereocenters. The summed E-state index contributed by atoms with van der Waals surface area (Å²) in [6.07, 6.45) is 2.05. The summed E-state index contributed by atoms with van der Waals surface area (Å²) in [6.45, 7) is 2.10. The van der Waals surface area contributed by atoms with Crippen LogP contribution < -0.4 is 4.90 Å². The molecule has 1 aliphatic heterocycles. The van der Waals surface area contributed by atoms with E-state index in [-0.39, 0.29) is 17.0 Å². The van der Waals surface area contributed by atoms with Crippen LogP contribution in [0, 0.1) is 5.82 Å². The van der Waals surface area contributed by atoms with Gasteiger partial charge in [0, 0.05) is 26.2 Å². The van der Waals surface area contributed by atoms with Crippen molar-refractivity contribution >= 4 is 21.4 Å². The summed E-state index contributed by atoms with van der Waals surface area (Å²) in [4.78, 5) is 15.8. The Morgan fingerprint density at radius 2 is 1.87 bits per heavy atom. The maximum Gasteiger partial charge on any atom is 0.237 e. The molecular weight excluding hydrogens is 319 g/mol. The fraction of sp³-hybridized carbons (Fsp3) is 0.562. The normalized spacial score (nSPS) is 19.5. The summed E-state index contributed by atoms with van der Waals surface area (Å²) in [5.74, 6) is -0.993. The lowest BCUT2D eigenvalue weighted by atomic mass is 10.2. The quantitative estimate of drug-likeness (QED) is 0.832. The zero-order valence-electron chi connectivity index (χ0n) is 12.9. The largest absolute Gasteiger partial charge is 0.367 e. The number of carbonyl (C=O) groups excluding carboxylic acids is 1. The molecule has 5 nitrogen and oxygen atoms in total. The van der Waals surface area contributed by atoms with Gasteiger partial charge in [-0.1, -0.05) is 12.1 Å². The van der Waals surface area contributed by atoms with Gasteiger partial charge in [-0.05, 0) is 31.4 Å². The van der Waals surface area contributed by atoms with Gasteiger partial charge in [-0.2, -0.15) is 0 Å². The lowest BCUT2D eigenvalue weighted by Gasteiger charge is -2.24. The van der Waals surface area contributed by atoms with Crippen molar-refractivity contribution < 1.29 is 17.6 Å². The molecule has 0 spiro atoms. The Bertz CT molecular complexity index is 688. The van der Waals surface area contributed by atoms with Gasteiger partial charge < -0.3 is 9.80 Å². The van der Waals surface area contributed by atoms with E-state index < -0.39 is 15.6 Å². The summed E-state index contributed by atoms with van der Waals surface area (Å²) in [6, 6.07) is 6.58. The van der Waals surface area contributed by atoms with Crippen molar-refractivity contribution in [1.29, 1.82) is 0 Å². The van der Waals surface area contributed by atoms with E-state index in [1.165, 1.54) is 6.07 Å². The van der Waals surface area contributed by atoms with Crippen molar-refractivity contribution in [1.82, 2.24) is 4.90 Å². The number of rotatable bonds is 4. The smallest absolute Gasteiger partial charge is 0.237 e. The van der Waals surface area contributed by atoms with E-state index in [0.29, 0.717) is 51.1 Å². The molecule has 0 N–H and O–H groups in total. The molecule has 1 heterocycles. The fourth-order valence-corrected chi connectivity index (χ4v) is 4.54. The number of hydrogen-bond donors (Lipinski definition) is 0. The first-order chi connectivity index (χ1) is 11.0. The number of sulfone groups is 1. The topological polar surface area (TPSA) is 57.7 Å². The van der Waals surface area contributed by atoms with Crippen LogP contribution in [-0.4, -0.2) is 56.4 Å². The number of para-hydroxylation sites is 1. The van der Waals surface area contributed by atoms with Crippen molar-refractivity contribution in [3.8, 4) is 0 Å². The molecule has 0 radical (unpaired) electrons. The number of carbonyl (C=O) groups is 1. The van der Waals surface area contributed by atoms with Gasteiger partial charge in [0.25, 0.3) is 0 Å². The van der Waals surface area contributed by atoms with E-state index in [1.807, 2.05) is 4.90 Å². The van der Waals surface area contributed by atoms with Crippen LogP contribution >= 0.6 is 0 Å². The molecule has 1 amide bonds. The maximum absolute atomic E-state index is 13.9. The lowest BCUT2D eigenvalue weighted by Crippen LogP contribution is -2.39. The van der Waals surface area contributed by atoms with Crippen molar-refractivity contribution in [2.24, 2.45) is 0 Å². The minimum Gasteiger partial charge on any atom is -0.367 e. The first-order valence-corrected chi connectivity index (χ1v) is 9.68. The van der Waals surface area contributed by atoms with E-state index in [1.54, 1.807) is 23.1 Å². The number of hydrogen-bond acceptors (Lipinski definition) is 4. The van der Waals surface area contributed by atoms with Gasteiger partial charge in [0.2, 0.25) is 5.91 Å². The van der Waals surface area contributed by atoms with E-state index in [0.717, 1.165) is 0 Å². The minimum atomic E-state index is -3.28.